The van der Waals surface area contributed by atoms with Crippen LogP contribution in [-0.4, -0.2) is 45.1 Å². The highest BCUT2D eigenvalue weighted by Crippen LogP contribution is 2.40. The van der Waals surface area contributed by atoms with Gasteiger partial charge in [-0.1, -0.05) is 66.2 Å². The van der Waals surface area contributed by atoms with Crippen molar-refractivity contribution < 1.29 is 23.9 Å². The SMILES string of the molecule is CCOC(=O)OC(=O)C[C@@H]1C/C(=C\c2cncn2Cc2ccccc2)C[C@H](C[C@@H]2CCC(=O)N2Cc2ccccc2)C1. The Morgan fingerprint density at radius 2 is 1.67 bits per heavy atom. The van der Waals surface area contributed by atoms with E-state index in [2.05, 4.69) is 39.9 Å². The van der Waals surface area contributed by atoms with Gasteiger partial charge in [0.2, 0.25) is 5.91 Å². The second kappa shape index (κ2) is 14.1. The molecule has 1 amide bonds. The van der Waals surface area contributed by atoms with E-state index in [1.54, 1.807) is 6.92 Å². The zero-order valence-electron chi connectivity index (χ0n) is 24.2. The molecular formula is C34H39N3O5. The topological polar surface area (TPSA) is 90.7 Å². The molecule has 2 fully saturated rings. The van der Waals surface area contributed by atoms with Crippen LogP contribution in [0.15, 0.2) is 78.8 Å². The van der Waals surface area contributed by atoms with Gasteiger partial charge in [-0.25, -0.2) is 9.78 Å². The fraction of sp³-hybridized carbons (Fsp3) is 0.412. The summed E-state index contributed by atoms with van der Waals surface area (Å²) in [6, 6.07) is 20.6. The minimum absolute atomic E-state index is 0.0297. The van der Waals surface area contributed by atoms with Crippen molar-refractivity contribution in [2.24, 2.45) is 11.8 Å². The summed E-state index contributed by atoms with van der Waals surface area (Å²) in [7, 11) is 0. The van der Waals surface area contributed by atoms with Crippen LogP contribution in [0.1, 0.15) is 68.7 Å². The number of nitrogens with zero attached hydrogens (tertiary/aromatic N) is 3. The van der Waals surface area contributed by atoms with Gasteiger partial charge < -0.3 is 18.9 Å². The maximum atomic E-state index is 12.9. The number of amides is 1. The molecule has 3 aromatic rings. The Balaban J connectivity index is 1.32. The van der Waals surface area contributed by atoms with Crippen LogP contribution in [0.3, 0.4) is 0 Å². The number of allylic oxidation sites excluding steroid dienone is 1. The largest absolute Gasteiger partial charge is 0.516 e. The summed E-state index contributed by atoms with van der Waals surface area (Å²) in [4.78, 5) is 43.7. The maximum absolute atomic E-state index is 12.9. The second-order valence-electron chi connectivity index (χ2n) is 11.4. The molecular weight excluding hydrogens is 530 g/mol. The first-order chi connectivity index (χ1) is 20.5. The number of carbonyl (C=O) groups excluding carboxylic acids is 3. The van der Waals surface area contributed by atoms with Gasteiger partial charge in [0.1, 0.15) is 0 Å². The average Bonchev–Trinajstić information content (AvgIpc) is 3.55. The van der Waals surface area contributed by atoms with Gasteiger partial charge in [0.15, 0.2) is 0 Å². The molecule has 1 aliphatic heterocycles. The quantitative estimate of drug-likeness (QED) is 0.207. The van der Waals surface area contributed by atoms with Crippen LogP contribution in [-0.2, 0) is 32.2 Å². The number of hydrogen-bond donors (Lipinski definition) is 0. The molecule has 2 heterocycles. The van der Waals surface area contributed by atoms with Crippen molar-refractivity contribution in [3.8, 4) is 0 Å². The van der Waals surface area contributed by atoms with Gasteiger partial charge in [-0.2, -0.15) is 0 Å². The van der Waals surface area contributed by atoms with E-state index in [0.717, 1.165) is 49.9 Å². The van der Waals surface area contributed by atoms with Crippen LogP contribution in [0.2, 0.25) is 0 Å². The number of likely N-dealkylation sites (tertiary alicyclic amines) is 1. The first kappa shape index (κ1) is 29.3. The number of esters is 1. The van der Waals surface area contributed by atoms with Gasteiger partial charge in [0.25, 0.3) is 0 Å². The van der Waals surface area contributed by atoms with Crippen molar-refractivity contribution in [2.75, 3.05) is 6.61 Å². The van der Waals surface area contributed by atoms with E-state index < -0.39 is 12.1 Å². The van der Waals surface area contributed by atoms with E-state index >= 15 is 0 Å². The lowest BCUT2D eigenvalue weighted by Crippen LogP contribution is -2.35. The molecule has 8 heteroatoms. The minimum atomic E-state index is -0.948. The molecule has 3 atom stereocenters. The molecule has 5 rings (SSSR count). The summed E-state index contributed by atoms with van der Waals surface area (Å²) in [6.07, 6.45) is 9.89. The highest BCUT2D eigenvalue weighted by Gasteiger charge is 2.35. The molecule has 1 saturated heterocycles. The summed E-state index contributed by atoms with van der Waals surface area (Å²) in [6.45, 7) is 3.16. The number of ether oxygens (including phenoxy) is 2. The third kappa shape index (κ3) is 7.96. The Hall–Kier alpha value is -4.20. The van der Waals surface area contributed by atoms with E-state index in [1.165, 1.54) is 11.1 Å². The molecule has 220 valence electrons. The highest BCUT2D eigenvalue weighted by atomic mass is 16.7. The Morgan fingerprint density at radius 3 is 2.38 bits per heavy atom. The van der Waals surface area contributed by atoms with Gasteiger partial charge in [-0.05, 0) is 68.1 Å². The fourth-order valence-corrected chi connectivity index (χ4v) is 6.43. The lowest BCUT2D eigenvalue weighted by Gasteiger charge is -2.34. The third-order valence-electron chi connectivity index (χ3n) is 8.23. The summed E-state index contributed by atoms with van der Waals surface area (Å²) < 4.78 is 11.8. The molecule has 0 radical (unpaired) electrons. The molecule has 1 aromatic heterocycles. The Labute approximate surface area is 247 Å². The van der Waals surface area contributed by atoms with E-state index in [9.17, 15) is 14.4 Å². The van der Waals surface area contributed by atoms with Crippen molar-refractivity contribution in [3.05, 3.63) is 95.6 Å². The Morgan fingerprint density at radius 1 is 0.976 bits per heavy atom. The van der Waals surface area contributed by atoms with Crippen LogP contribution in [0, 0.1) is 11.8 Å². The number of hydrogen-bond acceptors (Lipinski definition) is 6. The molecule has 2 aromatic carbocycles. The van der Waals surface area contributed by atoms with Crippen LogP contribution in [0.4, 0.5) is 4.79 Å². The molecule has 1 aliphatic carbocycles. The van der Waals surface area contributed by atoms with E-state index in [-0.39, 0.29) is 30.9 Å². The normalized spacial score (nSPS) is 21.5. The van der Waals surface area contributed by atoms with Gasteiger partial charge in [-0.15, -0.1) is 0 Å². The molecule has 0 bridgehead atoms. The van der Waals surface area contributed by atoms with Gasteiger partial charge >= 0.3 is 12.1 Å². The second-order valence-corrected chi connectivity index (χ2v) is 11.4. The first-order valence-corrected chi connectivity index (χ1v) is 14.9. The molecule has 42 heavy (non-hydrogen) atoms. The van der Waals surface area contributed by atoms with Gasteiger partial charge in [-0.3, -0.25) is 9.59 Å². The first-order valence-electron chi connectivity index (χ1n) is 14.9. The van der Waals surface area contributed by atoms with Crippen molar-refractivity contribution in [3.63, 3.8) is 0 Å². The zero-order chi connectivity index (χ0) is 29.3. The fourth-order valence-electron chi connectivity index (χ4n) is 6.43. The summed E-state index contributed by atoms with van der Waals surface area (Å²) >= 11 is 0. The van der Waals surface area contributed by atoms with Crippen molar-refractivity contribution in [2.45, 2.75) is 71.0 Å². The summed E-state index contributed by atoms with van der Waals surface area (Å²) in [5.41, 5.74) is 4.59. The molecule has 0 spiro atoms. The predicted molar refractivity (Wildman–Crippen MR) is 159 cm³/mol. The minimum Gasteiger partial charge on any atom is -0.434 e. The van der Waals surface area contributed by atoms with Crippen molar-refractivity contribution >= 4 is 24.1 Å². The summed E-state index contributed by atoms with van der Waals surface area (Å²) in [5.74, 6) is -0.0312. The van der Waals surface area contributed by atoms with Gasteiger partial charge in [0, 0.05) is 32.0 Å². The Kier molecular flexibility index (Phi) is 9.85. The van der Waals surface area contributed by atoms with Crippen LogP contribution in [0.5, 0.6) is 0 Å². The van der Waals surface area contributed by atoms with E-state index in [4.69, 9.17) is 9.47 Å². The highest BCUT2D eigenvalue weighted by molar-refractivity contribution is 5.82. The van der Waals surface area contributed by atoms with Crippen LogP contribution in [0.25, 0.3) is 6.08 Å². The smallest absolute Gasteiger partial charge is 0.434 e. The molecule has 0 unspecified atom stereocenters. The van der Waals surface area contributed by atoms with Crippen LogP contribution >= 0.6 is 0 Å². The number of benzene rings is 2. The molecule has 2 aliphatic rings. The van der Waals surface area contributed by atoms with Crippen molar-refractivity contribution in [1.82, 2.24) is 14.5 Å². The lowest BCUT2D eigenvalue weighted by atomic mass is 9.74. The lowest BCUT2D eigenvalue weighted by molar-refractivity contribution is -0.141. The number of imidazole rings is 1. The van der Waals surface area contributed by atoms with Crippen molar-refractivity contribution in [1.29, 1.82) is 0 Å². The summed E-state index contributed by atoms with van der Waals surface area (Å²) in [5, 5.41) is 0. The van der Waals surface area contributed by atoms with E-state index in [0.29, 0.717) is 18.9 Å². The number of aromatic nitrogens is 2. The molecule has 0 N–H and O–H groups in total. The molecule has 1 saturated carbocycles. The number of rotatable bonds is 10. The third-order valence-corrected chi connectivity index (χ3v) is 8.23. The van der Waals surface area contributed by atoms with Crippen LogP contribution < -0.4 is 0 Å². The van der Waals surface area contributed by atoms with Gasteiger partial charge in [0.05, 0.1) is 24.8 Å². The number of carbonyl (C=O) groups is 3. The standard InChI is InChI=1S/C34H39N3O5/c1-2-41-34(40)42-33(39)20-29-16-27(18-30-13-14-32(38)37(30)23-26-11-7-4-8-12-26)15-28(17-29)19-31-21-35-24-36(31)22-25-9-5-3-6-10-25/h3-12,19,21,24,27,29-30H,2,13-18,20,22-23H2,1H3/b28-19-/t27-,29-,30-/m0/s1. The zero-order valence-corrected chi connectivity index (χ0v) is 24.2. The molecule has 8 nitrogen and oxygen atoms in total. The van der Waals surface area contributed by atoms with E-state index in [1.807, 2.05) is 53.8 Å². The monoisotopic (exact) mass is 569 g/mol. The average molecular weight is 570 g/mol. The maximum Gasteiger partial charge on any atom is 0.516 e. The Bertz CT molecular complexity index is 1380. The predicted octanol–water partition coefficient (Wildman–Crippen LogP) is 6.40.